The van der Waals surface area contributed by atoms with Crippen LogP contribution in [0, 0.1) is 5.92 Å². The molecule has 114 valence electrons. The Kier molecular flexibility index (Phi) is 4.97. The maximum absolute atomic E-state index is 12.6. The molecule has 0 bridgehead atoms. The number of fused-ring (bicyclic) bond motifs is 1. The van der Waals surface area contributed by atoms with E-state index in [9.17, 15) is 4.79 Å². The summed E-state index contributed by atoms with van der Waals surface area (Å²) in [4.78, 5) is 17.4. The summed E-state index contributed by atoms with van der Waals surface area (Å²) in [5.41, 5.74) is 3.39. The number of rotatable bonds is 6. The van der Waals surface area contributed by atoms with Crippen molar-refractivity contribution in [2.45, 2.75) is 65.3 Å². The van der Waals surface area contributed by atoms with Crippen LogP contribution in [-0.4, -0.2) is 17.0 Å². The molecular formula is C19H27NO. The number of ketones is 1. The molecule has 0 aromatic heterocycles. The van der Waals surface area contributed by atoms with E-state index in [1.54, 1.807) is 0 Å². The molecule has 0 fully saturated rings. The van der Waals surface area contributed by atoms with Crippen molar-refractivity contribution < 1.29 is 4.79 Å². The molecule has 0 aliphatic carbocycles. The number of aliphatic imine (C=N–C) groups is 1. The van der Waals surface area contributed by atoms with Gasteiger partial charge in [-0.15, -0.1) is 0 Å². The summed E-state index contributed by atoms with van der Waals surface area (Å²) < 4.78 is 0. The van der Waals surface area contributed by atoms with Gasteiger partial charge in [-0.2, -0.15) is 0 Å². The van der Waals surface area contributed by atoms with E-state index >= 15 is 0 Å². The van der Waals surface area contributed by atoms with Gasteiger partial charge >= 0.3 is 0 Å². The maximum atomic E-state index is 12.6. The minimum Gasteiger partial charge on any atom is -0.299 e. The van der Waals surface area contributed by atoms with Crippen LogP contribution in [0.1, 0.15) is 64.5 Å². The monoisotopic (exact) mass is 285 g/mol. The van der Waals surface area contributed by atoms with Gasteiger partial charge in [-0.1, -0.05) is 44.5 Å². The highest BCUT2D eigenvalue weighted by atomic mass is 16.1. The number of Topliss-reactive ketones (excluding diaryl/α,β-unsaturated/α-hetero) is 1. The van der Waals surface area contributed by atoms with E-state index < -0.39 is 0 Å². The molecule has 0 spiro atoms. The molecule has 1 atom stereocenters. The predicted molar refractivity (Wildman–Crippen MR) is 89.1 cm³/mol. The summed E-state index contributed by atoms with van der Waals surface area (Å²) in [5, 5.41) is 0. The third-order valence-corrected chi connectivity index (χ3v) is 4.32. The number of benzene rings is 1. The van der Waals surface area contributed by atoms with Gasteiger partial charge in [-0.25, -0.2) is 0 Å². The van der Waals surface area contributed by atoms with Crippen LogP contribution < -0.4 is 0 Å². The number of carbonyl (C=O) groups is 1. The molecule has 0 amide bonds. The molecule has 2 rings (SSSR count). The Morgan fingerprint density at radius 2 is 2.00 bits per heavy atom. The summed E-state index contributed by atoms with van der Waals surface area (Å²) in [6.07, 6.45) is 4.43. The van der Waals surface area contributed by atoms with Crippen LogP contribution in [0.5, 0.6) is 0 Å². The zero-order chi connectivity index (χ0) is 15.5. The summed E-state index contributed by atoms with van der Waals surface area (Å²) in [6.45, 7) is 8.55. The van der Waals surface area contributed by atoms with Crippen molar-refractivity contribution in [1.29, 1.82) is 0 Å². The Bertz CT molecular complexity index is 542. The molecule has 2 nitrogen and oxygen atoms in total. The van der Waals surface area contributed by atoms with Gasteiger partial charge in [0.1, 0.15) is 5.78 Å². The predicted octanol–water partition coefficient (Wildman–Crippen LogP) is 4.60. The number of nitrogens with zero attached hydrogens (tertiary/aromatic N) is 1. The van der Waals surface area contributed by atoms with Crippen molar-refractivity contribution in [3.8, 4) is 0 Å². The Morgan fingerprint density at radius 3 is 2.67 bits per heavy atom. The Morgan fingerprint density at radius 1 is 1.29 bits per heavy atom. The topological polar surface area (TPSA) is 29.4 Å². The second kappa shape index (κ2) is 6.55. The van der Waals surface area contributed by atoms with Crippen LogP contribution in [0.4, 0.5) is 0 Å². The van der Waals surface area contributed by atoms with Gasteiger partial charge in [-0.3, -0.25) is 9.79 Å². The molecule has 0 N–H and O–H groups in total. The van der Waals surface area contributed by atoms with Crippen molar-refractivity contribution in [2.75, 3.05) is 0 Å². The molecule has 1 unspecified atom stereocenters. The first-order chi connectivity index (χ1) is 9.96. The van der Waals surface area contributed by atoms with Crippen LogP contribution in [-0.2, 0) is 11.2 Å². The van der Waals surface area contributed by atoms with Crippen molar-refractivity contribution in [3.63, 3.8) is 0 Å². The fourth-order valence-corrected chi connectivity index (χ4v) is 3.27. The molecule has 2 heteroatoms. The van der Waals surface area contributed by atoms with Gasteiger partial charge in [0, 0.05) is 12.3 Å². The lowest BCUT2D eigenvalue weighted by molar-refractivity contribution is -0.122. The molecule has 1 aromatic rings. The SMILES string of the molecule is CCCC(CC)C(=O)CC1=NC(C)(C)Cc2ccccc21. The van der Waals surface area contributed by atoms with E-state index in [2.05, 4.69) is 45.9 Å². The highest BCUT2D eigenvalue weighted by Gasteiger charge is 2.28. The molecule has 1 aliphatic heterocycles. The Labute approximate surface area is 128 Å². The first-order valence-electron chi connectivity index (χ1n) is 8.16. The fraction of sp³-hybridized carbons (Fsp3) is 0.579. The van der Waals surface area contributed by atoms with Gasteiger partial charge < -0.3 is 0 Å². The minimum absolute atomic E-state index is 0.101. The maximum Gasteiger partial charge on any atom is 0.141 e. The van der Waals surface area contributed by atoms with Crippen LogP contribution in [0.2, 0.25) is 0 Å². The lowest BCUT2D eigenvalue weighted by Crippen LogP contribution is -2.30. The summed E-state index contributed by atoms with van der Waals surface area (Å²) in [7, 11) is 0. The lowest BCUT2D eigenvalue weighted by atomic mass is 9.84. The van der Waals surface area contributed by atoms with E-state index in [0.717, 1.165) is 31.4 Å². The molecule has 0 saturated heterocycles. The zero-order valence-corrected chi connectivity index (χ0v) is 13.8. The van der Waals surface area contributed by atoms with E-state index in [1.165, 1.54) is 11.1 Å². The molecule has 1 aliphatic rings. The van der Waals surface area contributed by atoms with Gasteiger partial charge in [0.2, 0.25) is 0 Å². The Balaban J connectivity index is 2.25. The molecule has 0 saturated carbocycles. The van der Waals surface area contributed by atoms with Gasteiger partial charge in [-0.05, 0) is 44.2 Å². The summed E-state index contributed by atoms with van der Waals surface area (Å²) >= 11 is 0. The van der Waals surface area contributed by atoms with Crippen LogP contribution in [0.3, 0.4) is 0 Å². The smallest absolute Gasteiger partial charge is 0.141 e. The van der Waals surface area contributed by atoms with Gasteiger partial charge in [0.05, 0.1) is 11.3 Å². The van der Waals surface area contributed by atoms with E-state index in [-0.39, 0.29) is 11.5 Å². The highest BCUT2D eigenvalue weighted by Crippen LogP contribution is 2.28. The van der Waals surface area contributed by atoms with Crippen molar-refractivity contribution >= 4 is 11.5 Å². The molecule has 0 radical (unpaired) electrons. The minimum atomic E-state index is -0.101. The normalized spacial score (nSPS) is 17.8. The third kappa shape index (κ3) is 3.81. The van der Waals surface area contributed by atoms with Crippen molar-refractivity contribution in [1.82, 2.24) is 0 Å². The molecular weight excluding hydrogens is 258 g/mol. The van der Waals surface area contributed by atoms with Crippen LogP contribution in [0.15, 0.2) is 29.3 Å². The number of carbonyl (C=O) groups excluding carboxylic acids is 1. The Hall–Kier alpha value is -1.44. The molecule has 1 aromatic carbocycles. The quantitative estimate of drug-likeness (QED) is 0.751. The van der Waals surface area contributed by atoms with Crippen LogP contribution in [0.25, 0.3) is 0 Å². The highest BCUT2D eigenvalue weighted by molar-refractivity contribution is 6.12. The summed E-state index contributed by atoms with van der Waals surface area (Å²) in [6, 6.07) is 8.39. The standard InChI is InChI=1S/C19H27NO/c1-5-9-14(6-2)18(21)12-17-16-11-8-7-10-15(16)13-19(3,4)20-17/h7-8,10-11,14H,5-6,9,12-13H2,1-4H3. The second-order valence-corrected chi connectivity index (χ2v) is 6.74. The van der Waals surface area contributed by atoms with Crippen molar-refractivity contribution in [3.05, 3.63) is 35.4 Å². The average molecular weight is 285 g/mol. The third-order valence-electron chi connectivity index (χ3n) is 4.32. The lowest BCUT2D eigenvalue weighted by Gasteiger charge is -2.29. The second-order valence-electron chi connectivity index (χ2n) is 6.74. The first kappa shape index (κ1) is 15.9. The van der Waals surface area contributed by atoms with Crippen LogP contribution >= 0.6 is 0 Å². The van der Waals surface area contributed by atoms with E-state index in [0.29, 0.717) is 12.2 Å². The number of hydrogen-bond donors (Lipinski definition) is 0. The summed E-state index contributed by atoms with van der Waals surface area (Å²) in [5.74, 6) is 0.542. The molecule has 21 heavy (non-hydrogen) atoms. The zero-order valence-electron chi connectivity index (χ0n) is 13.8. The van der Waals surface area contributed by atoms with E-state index in [4.69, 9.17) is 4.99 Å². The largest absolute Gasteiger partial charge is 0.299 e. The fourth-order valence-electron chi connectivity index (χ4n) is 3.27. The van der Waals surface area contributed by atoms with Gasteiger partial charge in [0.15, 0.2) is 0 Å². The average Bonchev–Trinajstić information content (AvgIpc) is 2.43. The first-order valence-corrected chi connectivity index (χ1v) is 8.16. The van der Waals surface area contributed by atoms with E-state index in [1.807, 2.05) is 6.07 Å². The van der Waals surface area contributed by atoms with Crippen molar-refractivity contribution in [2.24, 2.45) is 10.9 Å². The van der Waals surface area contributed by atoms with Gasteiger partial charge in [0.25, 0.3) is 0 Å². The number of hydrogen-bond acceptors (Lipinski definition) is 2. The molecule has 1 heterocycles.